The van der Waals surface area contributed by atoms with Gasteiger partial charge in [0.1, 0.15) is 18.2 Å². The van der Waals surface area contributed by atoms with Gasteiger partial charge in [-0.1, -0.05) is 23.7 Å². The Morgan fingerprint density at radius 1 is 1.23 bits per heavy atom. The fourth-order valence-corrected chi connectivity index (χ4v) is 5.15. The number of carbonyl (C=O) groups is 1. The maximum atomic E-state index is 14.1. The summed E-state index contributed by atoms with van der Waals surface area (Å²) in [6, 6.07) is 10.3. The molecule has 40 heavy (non-hydrogen) atoms. The van der Waals surface area contributed by atoms with E-state index in [0.717, 1.165) is 62.7 Å². The van der Waals surface area contributed by atoms with Crippen LogP contribution in [0.4, 0.5) is 4.39 Å². The lowest BCUT2D eigenvalue weighted by molar-refractivity contribution is -0.137. The molecule has 0 radical (unpaired) electrons. The Labute approximate surface area is 238 Å². The number of likely N-dealkylation sites (tertiary alicyclic amines) is 1. The van der Waals surface area contributed by atoms with Crippen molar-refractivity contribution in [1.29, 1.82) is 0 Å². The average molecular weight is 569 g/mol. The zero-order chi connectivity index (χ0) is 27.9. The summed E-state index contributed by atoms with van der Waals surface area (Å²) in [5.74, 6) is 1.01. The summed E-state index contributed by atoms with van der Waals surface area (Å²) in [5, 5.41) is 0.357. The molecule has 212 valence electrons. The molecule has 2 aliphatic heterocycles. The molecule has 2 aromatic heterocycles. The number of nitrogens with zero attached hydrogens (tertiary/aromatic N) is 4. The summed E-state index contributed by atoms with van der Waals surface area (Å²) < 4.78 is 32.7. The maximum Gasteiger partial charge on any atom is 0.330 e. The van der Waals surface area contributed by atoms with Crippen molar-refractivity contribution < 1.29 is 23.4 Å². The minimum Gasteiger partial charge on any atom is -0.473 e. The number of piperidine rings is 1. The first-order valence-corrected chi connectivity index (χ1v) is 14.1. The minimum atomic E-state index is -0.390. The number of halogens is 2. The van der Waals surface area contributed by atoms with Gasteiger partial charge >= 0.3 is 5.97 Å². The third kappa shape index (κ3) is 7.27. The van der Waals surface area contributed by atoms with Crippen LogP contribution >= 0.6 is 11.6 Å². The first-order chi connectivity index (χ1) is 19.5. The van der Waals surface area contributed by atoms with Gasteiger partial charge in [-0.05, 0) is 63.6 Å². The molecule has 0 N–H and O–H groups in total. The topological polar surface area (TPSA) is 78.7 Å². The van der Waals surface area contributed by atoms with Crippen LogP contribution < -0.4 is 4.74 Å². The van der Waals surface area contributed by atoms with Crippen LogP contribution in [0.3, 0.4) is 0 Å². The van der Waals surface area contributed by atoms with E-state index in [2.05, 4.69) is 9.47 Å². The Bertz CT molecular complexity index is 1330. The van der Waals surface area contributed by atoms with Gasteiger partial charge in [-0.15, -0.1) is 0 Å². The Hall–Kier alpha value is -3.27. The van der Waals surface area contributed by atoms with E-state index in [-0.39, 0.29) is 24.5 Å². The summed E-state index contributed by atoms with van der Waals surface area (Å²) in [4.78, 5) is 23.6. The smallest absolute Gasteiger partial charge is 0.330 e. The highest BCUT2D eigenvalue weighted by Crippen LogP contribution is 2.29. The Balaban J connectivity index is 1.18. The van der Waals surface area contributed by atoms with Crippen molar-refractivity contribution in [2.75, 3.05) is 26.3 Å². The van der Waals surface area contributed by atoms with Crippen LogP contribution in [0.5, 0.6) is 5.88 Å². The number of aromatic nitrogens is 3. The van der Waals surface area contributed by atoms with Gasteiger partial charge in [0, 0.05) is 40.9 Å². The molecular weight excluding hydrogens is 535 g/mol. The zero-order valence-electron chi connectivity index (χ0n) is 22.6. The van der Waals surface area contributed by atoms with Crippen molar-refractivity contribution in [3.8, 4) is 5.88 Å². The molecule has 0 spiro atoms. The second-order valence-electron chi connectivity index (χ2n) is 10.1. The van der Waals surface area contributed by atoms with E-state index in [1.54, 1.807) is 31.2 Å². The predicted octanol–water partition coefficient (Wildman–Crippen LogP) is 5.39. The second-order valence-corrected chi connectivity index (χ2v) is 10.5. The van der Waals surface area contributed by atoms with Gasteiger partial charge < -0.3 is 18.8 Å². The van der Waals surface area contributed by atoms with Gasteiger partial charge in [0.05, 0.1) is 37.7 Å². The molecule has 8 nitrogen and oxygen atoms in total. The van der Waals surface area contributed by atoms with Crippen LogP contribution in [0, 0.1) is 5.82 Å². The summed E-state index contributed by atoms with van der Waals surface area (Å²) in [6.07, 6.45) is 8.14. The van der Waals surface area contributed by atoms with E-state index in [0.29, 0.717) is 35.5 Å². The van der Waals surface area contributed by atoms with E-state index < -0.39 is 0 Å². The molecule has 2 fully saturated rings. The van der Waals surface area contributed by atoms with Crippen molar-refractivity contribution in [2.24, 2.45) is 0 Å². The monoisotopic (exact) mass is 568 g/mol. The highest BCUT2D eigenvalue weighted by Gasteiger charge is 2.25. The molecule has 0 aliphatic carbocycles. The molecule has 0 bridgehead atoms. The Morgan fingerprint density at radius 3 is 2.77 bits per heavy atom. The third-order valence-corrected chi connectivity index (χ3v) is 7.57. The number of hydrogen-bond acceptors (Lipinski definition) is 7. The summed E-state index contributed by atoms with van der Waals surface area (Å²) in [6.45, 7) is 6.26. The molecule has 5 rings (SSSR count). The van der Waals surface area contributed by atoms with Crippen molar-refractivity contribution in [3.63, 3.8) is 0 Å². The maximum absolute atomic E-state index is 14.1. The highest BCUT2D eigenvalue weighted by atomic mass is 35.5. The van der Waals surface area contributed by atoms with Crippen molar-refractivity contribution in [1.82, 2.24) is 19.4 Å². The van der Waals surface area contributed by atoms with Gasteiger partial charge in [-0.3, -0.25) is 4.90 Å². The quantitative estimate of drug-likeness (QED) is 0.226. The fourth-order valence-electron chi connectivity index (χ4n) is 4.99. The van der Waals surface area contributed by atoms with Crippen molar-refractivity contribution >= 4 is 23.6 Å². The van der Waals surface area contributed by atoms with E-state index >= 15 is 0 Å². The van der Waals surface area contributed by atoms with Gasteiger partial charge in [0.25, 0.3) is 0 Å². The standard InChI is InChI=1S/C30H34ClFN4O4/c1-2-38-30(37)9-8-24-17-33-28(36(24)18-25-12-15-39-25)19-35-13-10-21(11-14-35)27-4-3-5-29(34-27)40-20-22-6-7-23(31)16-26(22)32/h3-9,16-17,21,25H,2,10-15,18-20H2,1H3/b9-8+. The van der Waals surface area contributed by atoms with Crippen LogP contribution in [-0.2, 0) is 34.0 Å². The molecule has 0 saturated carbocycles. The predicted molar refractivity (Wildman–Crippen MR) is 149 cm³/mol. The molecule has 4 heterocycles. The Kier molecular flexibility index (Phi) is 9.46. The van der Waals surface area contributed by atoms with Crippen molar-refractivity contribution in [3.05, 3.63) is 82.3 Å². The third-order valence-electron chi connectivity index (χ3n) is 7.33. The number of rotatable bonds is 11. The van der Waals surface area contributed by atoms with E-state index in [1.165, 1.54) is 12.1 Å². The van der Waals surface area contributed by atoms with Crippen LogP contribution in [0.2, 0.25) is 5.02 Å². The zero-order valence-corrected chi connectivity index (χ0v) is 23.4. The first kappa shape index (κ1) is 28.3. The van der Waals surface area contributed by atoms with Gasteiger partial charge in [0.2, 0.25) is 5.88 Å². The van der Waals surface area contributed by atoms with Crippen LogP contribution in [0.1, 0.15) is 54.9 Å². The number of ether oxygens (including phenoxy) is 3. The summed E-state index contributed by atoms with van der Waals surface area (Å²) in [7, 11) is 0. The molecule has 2 aliphatic rings. The Morgan fingerprint density at radius 2 is 2.05 bits per heavy atom. The van der Waals surface area contributed by atoms with E-state index in [4.69, 9.17) is 35.8 Å². The van der Waals surface area contributed by atoms with Crippen molar-refractivity contribution in [2.45, 2.75) is 57.9 Å². The molecule has 1 aromatic carbocycles. The molecule has 1 unspecified atom stereocenters. The van der Waals surface area contributed by atoms with Crippen LogP contribution in [-0.4, -0.2) is 57.8 Å². The number of imidazole rings is 1. The fraction of sp³-hybridized carbons (Fsp3) is 0.433. The highest BCUT2D eigenvalue weighted by molar-refractivity contribution is 6.30. The van der Waals surface area contributed by atoms with E-state index in [1.807, 2.05) is 18.3 Å². The molecule has 0 amide bonds. The molecule has 2 saturated heterocycles. The number of hydrogen-bond donors (Lipinski definition) is 0. The lowest BCUT2D eigenvalue weighted by Gasteiger charge is -2.32. The first-order valence-electron chi connectivity index (χ1n) is 13.8. The number of carbonyl (C=O) groups excluding carboxylic acids is 1. The molecule has 3 aromatic rings. The molecular formula is C30H34ClFN4O4. The SMILES string of the molecule is CCOC(=O)/C=C/c1cnc(CN2CCC(c3cccc(OCc4ccc(Cl)cc4F)n3)CC2)n1CC1CCO1. The van der Waals surface area contributed by atoms with Gasteiger partial charge in [-0.2, -0.15) is 0 Å². The number of benzene rings is 1. The normalized spacial score (nSPS) is 18.1. The molecule has 10 heteroatoms. The lowest BCUT2D eigenvalue weighted by atomic mass is 9.93. The van der Waals surface area contributed by atoms with Gasteiger partial charge in [-0.25, -0.2) is 19.2 Å². The summed E-state index contributed by atoms with van der Waals surface area (Å²) >= 11 is 5.84. The average Bonchev–Trinajstić information content (AvgIpc) is 3.30. The number of esters is 1. The van der Waals surface area contributed by atoms with Crippen LogP contribution in [0.15, 0.2) is 48.7 Å². The summed E-state index contributed by atoms with van der Waals surface area (Å²) in [5.41, 5.74) is 2.29. The lowest BCUT2D eigenvalue weighted by Crippen LogP contribution is -2.35. The van der Waals surface area contributed by atoms with Gasteiger partial charge in [0.15, 0.2) is 0 Å². The second kappa shape index (κ2) is 13.4. The van der Waals surface area contributed by atoms with Crippen LogP contribution in [0.25, 0.3) is 6.08 Å². The van der Waals surface area contributed by atoms with E-state index in [9.17, 15) is 9.18 Å². The largest absolute Gasteiger partial charge is 0.473 e. The number of pyridine rings is 1. The minimum absolute atomic E-state index is 0.0907. The molecule has 1 atom stereocenters.